The Balaban J connectivity index is 2.13. The Labute approximate surface area is 130 Å². The maximum absolute atomic E-state index is 12.9. The molecule has 0 bridgehead atoms. The van der Waals surface area contributed by atoms with Crippen LogP contribution in [-0.2, 0) is 0 Å². The highest BCUT2D eigenvalue weighted by Gasteiger charge is 2.44. The van der Waals surface area contributed by atoms with Gasteiger partial charge in [0, 0.05) is 5.56 Å². The second-order valence-corrected chi connectivity index (χ2v) is 4.60. The Morgan fingerprint density at radius 3 is 2.39 bits per heavy atom. The summed E-state index contributed by atoms with van der Waals surface area (Å²) in [4.78, 5) is 12.0. The summed E-state index contributed by atoms with van der Waals surface area (Å²) in [6, 6.07) is 13.7. The lowest BCUT2D eigenvalue weighted by Gasteiger charge is -2.16. The average molecular weight is 324 g/mol. The third kappa shape index (κ3) is 4.67. The van der Waals surface area contributed by atoms with Gasteiger partial charge in [0.25, 0.3) is 0 Å². The van der Waals surface area contributed by atoms with Gasteiger partial charge >= 0.3 is 12.5 Å². The van der Waals surface area contributed by atoms with Gasteiger partial charge in [0.1, 0.15) is 5.75 Å². The zero-order chi connectivity index (χ0) is 16.9. The van der Waals surface area contributed by atoms with E-state index in [1.54, 1.807) is 30.3 Å². The third-order valence-electron chi connectivity index (χ3n) is 2.85. The molecule has 0 radical (unpaired) electrons. The molecule has 0 aromatic heterocycles. The molecule has 0 spiro atoms. The molecule has 0 fully saturated rings. The van der Waals surface area contributed by atoms with E-state index in [2.05, 4.69) is 4.74 Å². The first-order valence-electron chi connectivity index (χ1n) is 6.61. The molecule has 0 atom stereocenters. The number of ketones is 1. The van der Waals surface area contributed by atoms with E-state index in [4.69, 9.17) is 0 Å². The van der Waals surface area contributed by atoms with Gasteiger partial charge in [-0.15, -0.1) is 0 Å². The van der Waals surface area contributed by atoms with Crippen LogP contribution in [0.1, 0.15) is 15.9 Å². The molecular formula is C17H12F4O2. The van der Waals surface area contributed by atoms with Crippen molar-refractivity contribution in [3.05, 3.63) is 71.8 Å². The number of ether oxygens (including phenoxy) is 1. The number of carbonyl (C=O) groups is 1. The van der Waals surface area contributed by atoms with Gasteiger partial charge in [0.05, 0.1) is 0 Å². The first-order chi connectivity index (χ1) is 10.9. The zero-order valence-corrected chi connectivity index (χ0v) is 11.8. The summed E-state index contributed by atoms with van der Waals surface area (Å²) >= 11 is 0. The number of halogens is 4. The summed E-state index contributed by atoms with van der Waals surface area (Å²) in [6.07, 6.45) is -5.75. The summed E-state index contributed by atoms with van der Waals surface area (Å²) in [5.74, 6) is -0.964. The van der Waals surface area contributed by atoms with Crippen molar-refractivity contribution in [3.8, 4) is 5.75 Å². The highest BCUT2D eigenvalue weighted by Crippen LogP contribution is 2.28. The summed E-state index contributed by atoms with van der Waals surface area (Å²) < 4.78 is 53.9. The molecule has 0 saturated heterocycles. The van der Waals surface area contributed by atoms with Crippen LogP contribution in [-0.4, -0.2) is 18.3 Å². The van der Waals surface area contributed by atoms with Crippen LogP contribution in [0.25, 0.3) is 6.08 Å². The Morgan fingerprint density at radius 2 is 1.74 bits per heavy atom. The van der Waals surface area contributed by atoms with Crippen LogP contribution in [0.15, 0.2) is 60.7 Å². The molecule has 6 heteroatoms. The molecule has 0 N–H and O–H groups in total. The Hall–Kier alpha value is -2.63. The lowest BCUT2D eigenvalue weighted by Crippen LogP contribution is -2.33. The zero-order valence-electron chi connectivity index (χ0n) is 11.8. The molecule has 0 heterocycles. The third-order valence-corrected chi connectivity index (χ3v) is 2.85. The van der Waals surface area contributed by atoms with Crippen molar-refractivity contribution < 1.29 is 27.1 Å². The van der Waals surface area contributed by atoms with Crippen LogP contribution in [0.3, 0.4) is 0 Å². The molecule has 0 aliphatic carbocycles. The lowest BCUT2D eigenvalue weighted by molar-refractivity contribution is -0.253. The number of benzene rings is 2. The topological polar surface area (TPSA) is 26.3 Å². The smallest absolute Gasteiger partial charge is 0.428 e. The molecule has 2 aromatic carbocycles. The molecule has 0 aliphatic heterocycles. The molecule has 0 saturated carbocycles. The quantitative estimate of drug-likeness (QED) is 0.433. The Morgan fingerprint density at radius 1 is 1.04 bits per heavy atom. The van der Waals surface area contributed by atoms with Crippen LogP contribution in [0.4, 0.5) is 17.6 Å². The fourth-order valence-electron chi connectivity index (χ4n) is 1.75. The molecule has 2 rings (SSSR count). The van der Waals surface area contributed by atoms with E-state index >= 15 is 0 Å². The molecular weight excluding hydrogens is 312 g/mol. The maximum Gasteiger partial charge on any atom is 0.461 e. The normalized spacial score (nSPS) is 11.9. The molecule has 0 aliphatic rings. The second-order valence-electron chi connectivity index (χ2n) is 4.60. The predicted octanol–water partition coefficient (Wildman–Crippen LogP) is 4.82. The SMILES string of the molecule is O=C(C=Cc1ccccc1)c1cccc(OC(F)(F)C(F)F)c1. The summed E-state index contributed by atoms with van der Waals surface area (Å²) in [5.41, 5.74) is 0.845. The molecule has 0 unspecified atom stereocenters. The van der Waals surface area contributed by atoms with Gasteiger partial charge in [-0.05, 0) is 23.8 Å². The van der Waals surface area contributed by atoms with Crippen LogP contribution in [0.2, 0.25) is 0 Å². The summed E-state index contributed by atoms with van der Waals surface area (Å²) in [6.45, 7) is 0. The van der Waals surface area contributed by atoms with Gasteiger partial charge < -0.3 is 4.74 Å². The minimum Gasteiger partial charge on any atom is -0.428 e. The van der Waals surface area contributed by atoms with E-state index in [1.807, 2.05) is 6.07 Å². The standard InChI is InChI=1S/C17H12F4O2/c18-16(19)17(20,21)23-14-8-4-7-13(11-14)15(22)10-9-12-5-2-1-3-6-12/h1-11,16H. The predicted molar refractivity (Wildman–Crippen MR) is 77.8 cm³/mol. The largest absolute Gasteiger partial charge is 0.461 e. The monoisotopic (exact) mass is 324 g/mol. The first kappa shape index (κ1) is 16.7. The number of allylic oxidation sites excluding steroid dienone is 1. The molecule has 23 heavy (non-hydrogen) atoms. The van der Waals surface area contributed by atoms with Crippen LogP contribution in [0.5, 0.6) is 5.75 Å². The average Bonchev–Trinajstić information content (AvgIpc) is 2.53. The minimum absolute atomic E-state index is 0.0553. The first-order valence-corrected chi connectivity index (χ1v) is 6.61. The van der Waals surface area contributed by atoms with Gasteiger partial charge in [-0.2, -0.15) is 17.6 Å². The van der Waals surface area contributed by atoms with Crippen molar-refractivity contribution in [2.45, 2.75) is 12.5 Å². The van der Waals surface area contributed by atoms with Crippen molar-refractivity contribution in [2.75, 3.05) is 0 Å². The fourth-order valence-corrected chi connectivity index (χ4v) is 1.75. The van der Waals surface area contributed by atoms with Crippen molar-refractivity contribution in [1.29, 1.82) is 0 Å². The maximum atomic E-state index is 12.9. The summed E-state index contributed by atoms with van der Waals surface area (Å²) in [7, 11) is 0. The van der Waals surface area contributed by atoms with Crippen molar-refractivity contribution in [1.82, 2.24) is 0 Å². The minimum atomic E-state index is -4.61. The highest BCUT2D eigenvalue weighted by molar-refractivity contribution is 6.07. The number of alkyl halides is 4. The van der Waals surface area contributed by atoms with E-state index in [-0.39, 0.29) is 5.56 Å². The number of hydrogen-bond donors (Lipinski definition) is 0. The van der Waals surface area contributed by atoms with Gasteiger partial charge in [-0.3, -0.25) is 4.79 Å². The molecule has 120 valence electrons. The Kier molecular flexibility index (Phi) is 5.16. The van der Waals surface area contributed by atoms with Gasteiger partial charge in [-0.25, -0.2) is 0 Å². The van der Waals surface area contributed by atoms with Crippen molar-refractivity contribution in [3.63, 3.8) is 0 Å². The van der Waals surface area contributed by atoms with E-state index in [0.29, 0.717) is 0 Å². The van der Waals surface area contributed by atoms with Gasteiger partial charge in [-0.1, -0.05) is 48.5 Å². The van der Waals surface area contributed by atoms with Crippen LogP contribution in [0, 0.1) is 0 Å². The van der Waals surface area contributed by atoms with Crippen LogP contribution < -0.4 is 4.74 Å². The fraction of sp³-hybridized carbons (Fsp3) is 0.118. The van der Waals surface area contributed by atoms with E-state index in [0.717, 1.165) is 17.7 Å². The highest BCUT2D eigenvalue weighted by atomic mass is 19.3. The number of rotatable bonds is 6. The van der Waals surface area contributed by atoms with Gasteiger partial charge in [0.2, 0.25) is 0 Å². The van der Waals surface area contributed by atoms with E-state index in [9.17, 15) is 22.4 Å². The second kappa shape index (κ2) is 7.09. The summed E-state index contributed by atoms with van der Waals surface area (Å²) in [5, 5.41) is 0. The molecule has 2 nitrogen and oxygen atoms in total. The van der Waals surface area contributed by atoms with E-state index < -0.39 is 24.1 Å². The van der Waals surface area contributed by atoms with Crippen LogP contribution >= 0.6 is 0 Å². The number of hydrogen-bond acceptors (Lipinski definition) is 2. The van der Waals surface area contributed by atoms with Crippen molar-refractivity contribution >= 4 is 11.9 Å². The van der Waals surface area contributed by atoms with Gasteiger partial charge in [0.15, 0.2) is 5.78 Å². The van der Waals surface area contributed by atoms with Crippen molar-refractivity contribution in [2.24, 2.45) is 0 Å². The molecule has 0 amide bonds. The molecule has 2 aromatic rings. The Bertz CT molecular complexity index is 697. The lowest BCUT2D eigenvalue weighted by atomic mass is 10.1. The van der Waals surface area contributed by atoms with E-state index in [1.165, 1.54) is 18.2 Å². The number of carbonyl (C=O) groups excluding carboxylic acids is 1.